The molecule has 182 valence electrons. The maximum absolute atomic E-state index is 13.5. The lowest BCUT2D eigenvalue weighted by atomic mass is 9.96. The predicted molar refractivity (Wildman–Crippen MR) is 135 cm³/mol. The van der Waals surface area contributed by atoms with Crippen molar-refractivity contribution < 1.29 is 14.3 Å². The molecule has 8 heteroatoms. The average molecular weight is 485 g/mol. The molecule has 0 radical (unpaired) electrons. The lowest BCUT2D eigenvalue weighted by molar-refractivity contribution is -0.133. The smallest absolute Gasteiger partial charge is 0.317 e. The molecule has 7 nitrogen and oxygen atoms in total. The monoisotopic (exact) mass is 484 g/mol. The standard InChI is InChI=1S/C26H33ClN4O3/c1-5-12-28-26(33)30(13-14-34-4)17-25(32)31-24(20-8-10-22(27)11-9-20)16-23(29-31)21-7-6-18(2)19(3)15-21/h6-11,15,24H,5,12-14,16-17H2,1-4H3,(H,28,33)/t24-/m0/s1. The molecule has 2 aromatic rings. The molecule has 0 bridgehead atoms. The van der Waals surface area contributed by atoms with Crippen molar-refractivity contribution in [3.05, 3.63) is 69.7 Å². The minimum atomic E-state index is -0.284. The Morgan fingerprint density at radius 3 is 2.56 bits per heavy atom. The predicted octanol–water partition coefficient (Wildman–Crippen LogP) is 4.70. The zero-order valence-electron chi connectivity index (χ0n) is 20.3. The summed E-state index contributed by atoms with van der Waals surface area (Å²) in [6.45, 7) is 7.22. The molecule has 0 saturated carbocycles. The van der Waals surface area contributed by atoms with Crippen molar-refractivity contribution in [2.75, 3.05) is 33.4 Å². The molecule has 1 aliphatic rings. The Labute approximate surface area is 206 Å². The number of benzene rings is 2. The molecule has 0 aromatic heterocycles. The van der Waals surface area contributed by atoms with E-state index in [1.54, 1.807) is 7.11 Å². The summed E-state index contributed by atoms with van der Waals surface area (Å²) in [6.07, 6.45) is 1.39. The van der Waals surface area contributed by atoms with Crippen molar-refractivity contribution in [1.82, 2.24) is 15.2 Å². The molecule has 1 heterocycles. The highest BCUT2D eigenvalue weighted by atomic mass is 35.5. The molecular formula is C26H33ClN4O3. The van der Waals surface area contributed by atoms with Crippen molar-refractivity contribution in [3.63, 3.8) is 0 Å². The van der Waals surface area contributed by atoms with Crippen LogP contribution in [0.1, 0.15) is 48.1 Å². The van der Waals surface area contributed by atoms with Gasteiger partial charge in [0.05, 0.1) is 18.4 Å². The van der Waals surface area contributed by atoms with E-state index in [0.717, 1.165) is 23.3 Å². The summed E-state index contributed by atoms with van der Waals surface area (Å²) in [7, 11) is 1.57. The lowest BCUT2D eigenvalue weighted by Crippen LogP contribution is -2.47. The number of ether oxygens (including phenoxy) is 1. The number of hydrazone groups is 1. The van der Waals surface area contributed by atoms with Crippen LogP contribution in [0.2, 0.25) is 5.02 Å². The van der Waals surface area contributed by atoms with E-state index in [9.17, 15) is 9.59 Å². The molecule has 0 unspecified atom stereocenters. The van der Waals surface area contributed by atoms with Gasteiger partial charge in [-0.15, -0.1) is 0 Å². The van der Waals surface area contributed by atoms with E-state index < -0.39 is 0 Å². The minimum absolute atomic E-state index is 0.0906. The molecule has 0 aliphatic carbocycles. The molecule has 2 aromatic carbocycles. The van der Waals surface area contributed by atoms with Gasteiger partial charge in [-0.05, 0) is 60.7 Å². The van der Waals surface area contributed by atoms with Gasteiger partial charge in [-0.2, -0.15) is 5.10 Å². The number of aryl methyl sites for hydroxylation is 2. The van der Waals surface area contributed by atoms with Crippen LogP contribution in [0.4, 0.5) is 4.79 Å². The molecule has 0 fully saturated rings. The summed E-state index contributed by atoms with van der Waals surface area (Å²) in [6, 6.07) is 13.1. The van der Waals surface area contributed by atoms with Gasteiger partial charge in [0.15, 0.2) is 0 Å². The summed E-state index contributed by atoms with van der Waals surface area (Å²) >= 11 is 6.10. The van der Waals surface area contributed by atoms with Crippen molar-refractivity contribution in [2.45, 2.75) is 39.7 Å². The van der Waals surface area contributed by atoms with Crippen LogP contribution in [0, 0.1) is 13.8 Å². The minimum Gasteiger partial charge on any atom is -0.383 e. The van der Waals surface area contributed by atoms with Crippen LogP contribution in [-0.2, 0) is 9.53 Å². The number of halogens is 1. The molecule has 34 heavy (non-hydrogen) atoms. The molecule has 1 atom stereocenters. The maximum atomic E-state index is 13.5. The fourth-order valence-electron chi connectivity index (χ4n) is 3.81. The lowest BCUT2D eigenvalue weighted by Gasteiger charge is -2.27. The Morgan fingerprint density at radius 1 is 1.18 bits per heavy atom. The van der Waals surface area contributed by atoms with Gasteiger partial charge >= 0.3 is 6.03 Å². The zero-order chi connectivity index (χ0) is 24.7. The fraction of sp³-hybridized carbons (Fsp3) is 0.423. The van der Waals surface area contributed by atoms with Crippen LogP contribution >= 0.6 is 11.6 Å². The molecule has 3 amide bonds. The van der Waals surface area contributed by atoms with Gasteiger partial charge in [0.1, 0.15) is 6.54 Å². The highest BCUT2D eigenvalue weighted by Crippen LogP contribution is 2.33. The number of urea groups is 1. The summed E-state index contributed by atoms with van der Waals surface area (Å²) < 4.78 is 5.14. The molecule has 1 aliphatic heterocycles. The van der Waals surface area contributed by atoms with E-state index >= 15 is 0 Å². The second-order valence-electron chi connectivity index (χ2n) is 8.50. The first-order valence-corrected chi connectivity index (χ1v) is 12.0. The number of carbonyl (C=O) groups excluding carboxylic acids is 2. The average Bonchev–Trinajstić information content (AvgIpc) is 3.28. The van der Waals surface area contributed by atoms with Crippen molar-refractivity contribution >= 4 is 29.3 Å². The summed E-state index contributed by atoms with van der Waals surface area (Å²) in [4.78, 5) is 27.6. The van der Waals surface area contributed by atoms with Gasteiger partial charge in [-0.25, -0.2) is 9.80 Å². The topological polar surface area (TPSA) is 74.2 Å². The summed E-state index contributed by atoms with van der Waals surface area (Å²) in [5, 5.41) is 9.73. The van der Waals surface area contributed by atoms with Crippen LogP contribution in [0.3, 0.4) is 0 Å². The van der Waals surface area contributed by atoms with Gasteiger partial charge < -0.3 is 15.0 Å². The first-order valence-electron chi connectivity index (χ1n) is 11.6. The van der Waals surface area contributed by atoms with E-state index in [1.807, 2.05) is 37.3 Å². The number of rotatable bonds is 9. The highest BCUT2D eigenvalue weighted by molar-refractivity contribution is 6.30. The normalized spacial score (nSPS) is 15.3. The SMILES string of the molecule is CCCNC(=O)N(CCOC)CC(=O)N1N=C(c2ccc(C)c(C)c2)C[C@H]1c1ccc(Cl)cc1. The van der Waals surface area contributed by atoms with E-state index in [0.29, 0.717) is 31.1 Å². The molecular weight excluding hydrogens is 452 g/mol. The van der Waals surface area contributed by atoms with Crippen LogP contribution < -0.4 is 5.32 Å². The zero-order valence-corrected chi connectivity index (χ0v) is 21.1. The first kappa shape index (κ1) is 25.7. The Morgan fingerprint density at radius 2 is 1.91 bits per heavy atom. The third kappa shape index (κ3) is 6.36. The van der Waals surface area contributed by atoms with Crippen molar-refractivity contribution in [3.8, 4) is 0 Å². The Balaban J connectivity index is 1.89. The Kier molecular flexibility index (Phi) is 9.07. The van der Waals surface area contributed by atoms with Gasteiger partial charge in [0, 0.05) is 31.6 Å². The van der Waals surface area contributed by atoms with E-state index in [4.69, 9.17) is 21.4 Å². The first-order chi connectivity index (χ1) is 16.3. The van der Waals surface area contributed by atoms with Gasteiger partial charge in [-0.1, -0.05) is 42.8 Å². The second kappa shape index (κ2) is 12.0. The molecule has 0 saturated heterocycles. The summed E-state index contributed by atoms with van der Waals surface area (Å²) in [5.74, 6) is -0.249. The number of hydrogen-bond donors (Lipinski definition) is 1. The number of amides is 3. The maximum Gasteiger partial charge on any atom is 0.317 e. The Hall–Kier alpha value is -2.90. The van der Waals surface area contributed by atoms with Gasteiger partial charge in [-0.3, -0.25) is 4.79 Å². The Bertz CT molecular complexity index is 1040. The highest BCUT2D eigenvalue weighted by Gasteiger charge is 2.34. The fourth-order valence-corrected chi connectivity index (χ4v) is 3.94. The largest absolute Gasteiger partial charge is 0.383 e. The third-order valence-electron chi connectivity index (χ3n) is 5.97. The molecule has 1 N–H and O–H groups in total. The van der Waals surface area contributed by atoms with Crippen molar-refractivity contribution in [2.24, 2.45) is 5.10 Å². The van der Waals surface area contributed by atoms with E-state index in [-0.39, 0.29) is 24.5 Å². The second-order valence-corrected chi connectivity index (χ2v) is 8.94. The molecule has 3 rings (SSSR count). The van der Waals surface area contributed by atoms with Crippen LogP contribution in [0.25, 0.3) is 0 Å². The quantitative estimate of drug-likeness (QED) is 0.560. The van der Waals surface area contributed by atoms with Crippen LogP contribution in [-0.4, -0.2) is 60.9 Å². The van der Waals surface area contributed by atoms with Gasteiger partial charge in [0.25, 0.3) is 5.91 Å². The third-order valence-corrected chi connectivity index (χ3v) is 6.22. The summed E-state index contributed by atoms with van der Waals surface area (Å²) in [5.41, 5.74) is 5.16. The van der Waals surface area contributed by atoms with E-state index in [1.165, 1.54) is 21.0 Å². The van der Waals surface area contributed by atoms with Gasteiger partial charge in [0.2, 0.25) is 0 Å². The van der Waals surface area contributed by atoms with E-state index in [2.05, 4.69) is 31.3 Å². The van der Waals surface area contributed by atoms with Crippen LogP contribution in [0.15, 0.2) is 47.6 Å². The number of nitrogens with one attached hydrogen (secondary N) is 1. The number of nitrogens with zero attached hydrogens (tertiary/aromatic N) is 3. The van der Waals surface area contributed by atoms with Crippen LogP contribution in [0.5, 0.6) is 0 Å². The number of methoxy groups -OCH3 is 1. The number of hydrogen-bond acceptors (Lipinski definition) is 4. The molecule has 0 spiro atoms. The van der Waals surface area contributed by atoms with Crippen molar-refractivity contribution in [1.29, 1.82) is 0 Å². The number of carbonyl (C=O) groups is 2.